The van der Waals surface area contributed by atoms with Crippen molar-refractivity contribution in [3.05, 3.63) is 0 Å². The monoisotopic (exact) mass is 200 g/mol. The van der Waals surface area contributed by atoms with Crippen molar-refractivity contribution in [2.24, 2.45) is 11.3 Å². The number of ketones is 2. The van der Waals surface area contributed by atoms with Crippen molar-refractivity contribution in [1.82, 2.24) is 0 Å². The lowest BCUT2D eigenvalue weighted by molar-refractivity contribution is -0.148. The number of rotatable bonds is 4. The smallest absolute Gasteiger partial charge is 0.314 e. The molecule has 4 nitrogen and oxygen atoms in total. The lowest BCUT2D eigenvalue weighted by atomic mass is 9.84. The van der Waals surface area contributed by atoms with Gasteiger partial charge < -0.3 is 5.11 Å². The summed E-state index contributed by atoms with van der Waals surface area (Å²) in [7, 11) is 0. The van der Waals surface area contributed by atoms with Crippen LogP contribution < -0.4 is 0 Å². The van der Waals surface area contributed by atoms with Crippen molar-refractivity contribution in [2.45, 2.75) is 34.1 Å². The molecule has 1 atom stereocenters. The second kappa shape index (κ2) is 4.35. The molecule has 80 valence electrons. The molecule has 0 fully saturated rings. The molecular formula is C10H16O4. The maximum absolute atomic E-state index is 11.5. The second-order valence-corrected chi connectivity index (χ2v) is 4.38. The van der Waals surface area contributed by atoms with Crippen molar-refractivity contribution in [2.75, 3.05) is 0 Å². The number of carboxylic acids is 1. The summed E-state index contributed by atoms with van der Waals surface area (Å²) in [5, 5.41) is 8.69. The standard InChI is InChI=1S/C10H16O4/c1-6(11)7(9(13)14)5-8(12)10(2,3)4/h7H,5H2,1-4H3,(H,13,14). The SMILES string of the molecule is CC(=O)C(CC(=O)C(C)(C)C)C(=O)O. The van der Waals surface area contributed by atoms with Gasteiger partial charge in [0.2, 0.25) is 0 Å². The quantitative estimate of drug-likeness (QED) is 0.694. The Hall–Kier alpha value is -1.19. The third-order valence-corrected chi connectivity index (χ3v) is 2.01. The molecule has 0 spiro atoms. The fraction of sp³-hybridized carbons (Fsp3) is 0.700. The highest BCUT2D eigenvalue weighted by molar-refractivity contribution is 6.01. The Labute approximate surface area is 83.3 Å². The fourth-order valence-corrected chi connectivity index (χ4v) is 0.897. The van der Waals surface area contributed by atoms with Gasteiger partial charge in [-0.1, -0.05) is 20.8 Å². The molecule has 0 amide bonds. The van der Waals surface area contributed by atoms with Crippen LogP contribution in [-0.2, 0) is 14.4 Å². The number of hydrogen-bond acceptors (Lipinski definition) is 3. The van der Waals surface area contributed by atoms with E-state index in [0.29, 0.717) is 0 Å². The van der Waals surface area contributed by atoms with E-state index in [4.69, 9.17) is 5.11 Å². The summed E-state index contributed by atoms with van der Waals surface area (Å²) in [6, 6.07) is 0. The maximum atomic E-state index is 11.5. The first-order valence-corrected chi connectivity index (χ1v) is 4.43. The Morgan fingerprint density at radius 3 is 1.86 bits per heavy atom. The molecule has 0 saturated carbocycles. The molecule has 1 unspecified atom stereocenters. The molecule has 0 aromatic heterocycles. The van der Waals surface area contributed by atoms with Gasteiger partial charge in [0.15, 0.2) is 0 Å². The van der Waals surface area contributed by atoms with Crippen molar-refractivity contribution in [1.29, 1.82) is 0 Å². The van der Waals surface area contributed by atoms with Crippen LogP contribution in [0.1, 0.15) is 34.1 Å². The normalized spacial score (nSPS) is 13.4. The Balaban J connectivity index is 4.56. The Morgan fingerprint density at radius 2 is 1.64 bits per heavy atom. The number of carboxylic acid groups (broad SMARTS) is 1. The van der Waals surface area contributed by atoms with E-state index in [1.165, 1.54) is 6.92 Å². The van der Waals surface area contributed by atoms with E-state index in [1.54, 1.807) is 20.8 Å². The number of hydrogen-bond donors (Lipinski definition) is 1. The van der Waals surface area contributed by atoms with Gasteiger partial charge in [0.1, 0.15) is 17.5 Å². The maximum Gasteiger partial charge on any atom is 0.314 e. The minimum absolute atomic E-state index is 0.208. The van der Waals surface area contributed by atoms with Gasteiger partial charge in [-0.05, 0) is 6.92 Å². The molecular weight excluding hydrogens is 184 g/mol. The van der Waals surface area contributed by atoms with E-state index in [2.05, 4.69) is 0 Å². The molecule has 0 aliphatic heterocycles. The highest BCUT2D eigenvalue weighted by Gasteiger charge is 2.30. The summed E-state index contributed by atoms with van der Waals surface area (Å²) in [6.45, 7) is 6.30. The van der Waals surface area contributed by atoms with E-state index >= 15 is 0 Å². The molecule has 14 heavy (non-hydrogen) atoms. The lowest BCUT2D eigenvalue weighted by Gasteiger charge is -2.18. The molecule has 4 heteroatoms. The molecule has 0 aromatic carbocycles. The molecule has 0 aliphatic carbocycles. The zero-order valence-electron chi connectivity index (χ0n) is 8.96. The van der Waals surface area contributed by atoms with Crippen LogP contribution in [0.15, 0.2) is 0 Å². The number of aliphatic carboxylic acids is 1. The largest absolute Gasteiger partial charge is 0.481 e. The average Bonchev–Trinajstić information content (AvgIpc) is 1.96. The molecule has 0 aliphatic rings. The van der Waals surface area contributed by atoms with Crippen LogP contribution in [0.25, 0.3) is 0 Å². The molecule has 0 aromatic rings. The van der Waals surface area contributed by atoms with E-state index in [0.717, 1.165) is 0 Å². The first-order valence-electron chi connectivity index (χ1n) is 4.43. The van der Waals surface area contributed by atoms with Crippen LogP contribution in [0.4, 0.5) is 0 Å². The molecule has 0 saturated heterocycles. The van der Waals surface area contributed by atoms with Crippen molar-refractivity contribution < 1.29 is 19.5 Å². The first-order chi connectivity index (χ1) is 6.16. The minimum Gasteiger partial charge on any atom is -0.481 e. The molecule has 0 radical (unpaired) electrons. The molecule has 0 rings (SSSR count). The van der Waals surface area contributed by atoms with Gasteiger partial charge in [-0.3, -0.25) is 14.4 Å². The van der Waals surface area contributed by atoms with Gasteiger partial charge in [0.25, 0.3) is 0 Å². The molecule has 0 heterocycles. The van der Waals surface area contributed by atoms with E-state index < -0.39 is 23.1 Å². The van der Waals surface area contributed by atoms with Gasteiger partial charge in [-0.15, -0.1) is 0 Å². The van der Waals surface area contributed by atoms with Gasteiger partial charge in [0.05, 0.1) is 0 Å². The summed E-state index contributed by atoms with van der Waals surface area (Å²) in [5.74, 6) is -3.10. The second-order valence-electron chi connectivity index (χ2n) is 4.38. The Kier molecular flexibility index (Phi) is 3.98. The summed E-state index contributed by atoms with van der Waals surface area (Å²) >= 11 is 0. The van der Waals surface area contributed by atoms with Gasteiger partial charge in [-0.2, -0.15) is 0 Å². The molecule has 0 bridgehead atoms. The number of Topliss-reactive ketones (excluding diaryl/α,β-unsaturated/α-hetero) is 2. The zero-order valence-corrected chi connectivity index (χ0v) is 8.96. The third-order valence-electron chi connectivity index (χ3n) is 2.01. The van der Waals surface area contributed by atoms with Crippen LogP contribution in [0, 0.1) is 11.3 Å². The highest BCUT2D eigenvalue weighted by Crippen LogP contribution is 2.20. The van der Waals surface area contributed by atoms with Gasteiger partial charge in [0, 0.05) is 11.8 Å². The number of carbonyl (C=O) groups is 3. The topological polar surface area (TPSA) is 71.4 Å². The number of carbonyl (C=O) groups excluding carboxylic acids is 2. The van der Waals surface area contributed by atoms with Crippen LogP contribution >= 0.6 is 0 Å². The fourth-order valence-electron chi connectivity index (χ4n) is 0.897. The van der Waals surface area contributed by atoms with Crippen molar-refractivity contribution in [3.8, 4) is 0 Å². The van der Waals surface area contributed by atoms with E-state index in [9.17, 15) is 14.4 Å². The highest BCUT2D eigenvalue weighted by atomic mass is 16.4. The van der Waals surface area contributed by atoms with E-state index in [-0.39, 0.29) is 12.2 Å². The van der Waals surface area contributed by atoms with E-state index in [1.807, 2.05) is 0 Å². The van der Waals surface area contributed by atoms with Crippen LogP contribution in [0.2, 0.25) is 0 Å². The average molecular weight is 200 g/mol. The zero-order chi connectivity index (χ0) is 11.5. The predicted molar refractivity (Wildman–Crippen MR) is 50.9 cm³/mol. The third kappa shape index (κ3) is 3.68. The summed E-state index contributed by atoms with van der Waals surface area (Å²) in [5.41, 5.74) is -0.594. The first kappa shape index (κ1) is 12.8. The summed E-state index contributed by atoms with van der Waals surface area (Å²) in [4.78, 5) is 33.0. The predicted octanol–water partition coefficient (Wildman–Crippen LogP) is 1.28. The molecule has 1 N–H and O–H groups in total. The van der Waals surface area contributed by atoms with Crippen LogP contribution in [-0.4, -0.2) is 22.6 Å². The van der Waals surface area contributed by atoms with Crippen molar-refractivity contribution in [3.63, 3.8) is 0 Å². The minimum atomic E-state index is -1.23. The van der Waals surface area contributed by atoms with Crippen molar-refractivity contribution >= 4 is 17.5 Å². The van der Waals surface area contributed by atoms with Gasteiger partial charge in [-0.25, -0.2) is 0 Å². The van der Waals surface area contributed by atoms with Crippen LogP contribution in [0.3, 0.4) is 0 Å². The van der Waals surface area contributed by atoms with Crippen LogP contribution in [0.5, 0.6) is 0 Å². The Morgan fingerprint density at radius 1 is 1.21 bits per heavy atom. The van der Waals surface area contributed by atoms with Gasteiger partial charge >= 0.3 is 5.97 Å². The summed E-state index contributed by atoms with van der Waals surface area (Å²) in [6.07, 6.45) is -0.214. The summed E-state index contributed by atoms with van der Waals surface area (Å²) < 4.78 is 0. The lowest BCUT2D eigenvalue weighted by Crippen LogP contribution is -2.30. The Bertz CT molecular complexity index is 246.